The van der Waals surface area contributed by atoms with Crippen molar-refractivity contribution < 1.29 is 14.7 Å². The molecule has 0 unspecified atom stereocenters. The lowest BCUT2D eigenvalue weighted by atomic mass is 9.80. The molecule has 1 aliphatic rings. The number of carboxylic acid groups (broad SMARTS) is 1. The van der Waals surface area contributed by atoms with Crippen molar-refractivity contribution >= 4 is 29.2 Å². The van der Waals surface area contributed by atoms with Gasteiger partial charge in [0.1, 0.15) is 5.82 Å². The highest BCUT2D eigenvalue weighted by Crippen LogP contribution is 2.30. The second-order valence-electron chi connectivity index (χ2n) is 8.73. The Bertz CT molecular complexity index is 1120. The molecule has 0 radical (unpaired) electrons. The predicted octanol–water partition coefficient (Wildman–Crippen LogP) is 6.03. The molecule has 1 aliphatic carbocycles. The van der Waals surface area contributed by atoms with Crippen LogP contribution in [0.2, 0.25) is 0 Å². The van der Waals surface area contributed by atoms with Gasteiger partial charge >= 0.3 is 5.97 Å². The number of hydrogen-bond acceptors (Lipinski definition) is 4. The maximum absolute atomic E-state index is 12.5. The number of carboxylic acids is 1. The summed E-state index contributed by atoms with van der Waals surface area (Å²) in [6.07, 6.45) is 10.1. The van der Waals surface area contributed by atoms with Gasteiger partial charge in [0.25, 0.3) is 0 Å². The quantitative estimate of drug-likeness (QED) is 0.279. The minimum atomic E-state index is -0.917. The lowest BCUT2D eigenvalue weighted by Gasteiger charge is -2.23. The molecule has 4 rings (SSSR count). The molecule has 1 fully saturated rings. The number of benzene rings is 1. The van der Waals surface area contributed by atoms with E-state index in [0.29, 0.717) is 24.2 Å². The van der Waals surface area contributed by atoms with Crippen molar-refractivity contribution in [1.29, 1.82) is 0 Å². The summed E-state index contributed by atoms with van der Waals surface area (Å²) in [7, 11) is 0. The Morgan fingerprint density at radius 1 is 1.21 bits per heavy atom. The highest BCUT2D eigenvalue weighted by atomic mass is 32.1. The third-order valence-electron chi connectivity index (χ3n) is 6.24. The first-order valence-electron chi connectivity index (χ1n) is 11.7. The van der Waals surface area contributed by atoms with Gasteiger partial charge in [0, 0.05) is 47.5 Å². The van der Waals surface area contributed by atoms with Crippen LogP contribution in [0.15, 0.2) is 53.5 Å². The topological polar surface area (TPSA) is 72.2 Å². The van der Waals surface area contributed by atoms with Gasteiger partial charge in [0.05, 0.1) is 5.69 Å². The van der Waals surface area contributed by atoms with E-state index >= 15 is 0 Å². The van der Waals surface area contributed by atoms with Crippen molar-refractivity contribution in [1.82, 2.24) is 9.55 Å². The SMILES string of the molecule is CCCCc1nc(/C=C(\Cc2cccs2)C(=O)O)cn1Cc1ccc(C(=O)C2CCC2)cc1. The van der Waals surface area contributed by atoms with E-state index in [1.165, 1.54) is 0 Å². The van der Waals surface area contributed by atoms with Crippen LogP contribution in [0.25, 0.3) is 6.08 Å². The van der Waals surface area contributed by atoms with Gasteiger partial charge in [0.15, 0.2) is 5.78 Å². The number of thiophene rings is 1. The van der Waals surface area contributed by atoms with Crippen molar-refractivity contribution in [3.8, 4) is 0 Å². The molecule has 3 aromatic rings. The maximum atomic E-state index is 12.5. The fourth-order valence-corrected chi connectivity index (χ4v) is 4.79. The van der Waals surface area contributed by atoms with Crippen molar-refractivity contribution in [2.45, 2.75) is 58.4 Å². The van der Waals surface area contributed by atoms with Crippen molar-refractivity contribution in [3.05, 3.63) is 81.1 Å². The van der Waals surface area contributed by atoms with E-state index < -0.39 is 5.97 Å². The number of unbranched alkanes of at least 4 members (excludes halogenated alkanes) is 1. The van der Waals surface area contributed by atoms with Gasteiger partial charge in [-0.25, -0.2) is 9.78 Å². The van der Waals surface area contributed by atoms with E-state index in [4.69, 9.17) is 4.98 Å². The number of hydrogen-bond donors (Lipinski definition) is 1. The highest BCUT2D eigenvalue weighted by Gasteiger charge is 2.26. The number of nitrogens with zero attached hydrogens (tertiary/aromatic N) is 2. The number of rotatable bonds is 11. The summed E-state index contributed by atoms with van der Waals surface area (Å²) < 4.78 is 2.11. The minimum absolute atomic E-state index is 0.206. The van der Waals surface area contributed by atoms with Gasteiger partial charge in [-0.1, -0.05) is 50.1 Å². The van der Waals surface area contributed by atoms with E-state index in [1.807, 2.05) is 48.0 Å². The standard InChI is InChI=1S/C27H30N2O3S/c1-2-3-9-25-28-23(15-22(27(31)32)16-24-8-5-14-33-24)18-29(25)17-19-10-12-21(13-11-19)26(30)20-6-4-7-20/h5,8,10-15,18,20H,2-4,6-7,9,16-17H2,1H3,(H,31,32)/b22-15+. The molecule has 5 nitrogen and oxygen atoms in total. The molecule has 0 bridgehead atoms. The van der Waals surface area contributed by atoms with Crippen LogP contribution in [0.5, 0.6) is 0 Å². The lowest BCUT2D eigenvalue weighted by Crippen LogP contribution is -2.21. The molecule has 0 saturated heterocycles. The molecule has 1 N–H and O–H groups in total. The normalized spacial score (nSPS) is 14.3. The second-order valence-corrected chi connectivity index (χ2v) is 9.77. The van der Waals surface area contributed by atoms with Gasteiger partial charge < -0.3 is 9.67 Å². The number of aliphatic carboxylic acids is 1. The fourth-order valence-electron chi connectivity index (χ4n) is 4.06. The van der Waals surface area contributed by atoms with Crippen molar-refractivity contribution in [2.75, 3.05) is 0 Å². The molecular weight excluding hydrogens is 432 g/mol. The zero-order valence-corrected chi connectivity index (χ0v) is 19.8. The van der Waals surface area contributed by atoms with E-state index in [9.17, 15) is 14.7 Å². The summed E-state index contributed by atoms with van der Waals surface area (Å²) in [5.41, 5.74) is 2.90. The van der Waals surface area contributed by atoms with E-state index in [1.54, 1.807) is 17.4 Å². The summed E-state index contributed by atoms with van der Waals surface area (Å²) in [6.45, 7) is 2.79. The number of carbonyl (C=O) groups excluding carboxylic acids is 1. The third-order valence-corrected chi connectivity index (χ3v) is 7.12. The number of aryl methyl sites for hydroxylation is 1. The average molecular weight is 463 g/mol. The molecule has 0 spiro atoms. The van der Waals surface area contributed by atoms with Gasteiger partial charge in [-0.3, -0.25) is 4.79 Å². The molecule has 0 aliphatic heterocycles. The Morgan fingerprint density at radius 2 is 2.00 bits per heavy atom. The molecule has 0 atom stereocenters. The Morgan fingerprint density at radius 3 is 2.61 bits per heavy atom. The first-order chi connectivity index (χ1) is 16.0. The monoisotopic (exact) mass is 462 g/mol. The summed E-state index contributed by atoms with van der Waals surface area (Å²) in [4.78, 5) is 30.1. The number of Topliss-reactive ketones (excluding diaryl/α,β-unsaturated/α-hetero) is 1. The van der Waals surface area contributed by atoms with Crippen LogP contribution in [-0.2, 0) is 24.2 Å². The zero-order valence-electron chi connectivity index (χ0n) is 19.0. The Kier molecular flexibility index (Phi) is 7.55. The molecule has 172 valence electrons. The molecular formula is C27H30N2O3S. The van der Waals surface area contributed by atoms with E-state index in [-0.39, 0.29) is 11.7 Å². The van der Waals surface area contributed by atoms with Gasteiger partial charge in [-0.15, -0.1) is 11.3 Å². The van der Waals surface area contributed by atoms with Crippen LogP contribution in [-0.4, -0.2) is 26.4 Å². The van der Waals surface area contributed by atoms with Gasteiger partial charge in [0.2, 0.25) is 0 Å². The molecule has 6 heteroatoms. The van der Waals surface area contributed by atoms with Crippen molar-refractivity contribution in [2.24, 2.45) is 5.92 Å². The first kappa shape index (κ1) is 23.2. The maximum Gasteiger partial charge on any atom is 0.332 e. The van der Waals surface area contributed by atoms with E-state index in [2.05, 4.69) is 11.5 Å². The largest absolute Gasteiger partial charge is 0.478 e. The van der Waals surface area contributed by atoms with Gasteiger partial charge in [-0.2, -0.15) is 0 Å². The van der Waals surface area contributed by atoms with Crippen LogP contribution in [0, 0.1) is 5.92 Å². The third kappa shape index (κ3) is 5.88. The van der Waals surface area contributed by atoms with Crippen LogP contribution in [0.3, 0.4) is 0 Å². The average Bonchev–Trinajstić information content (AvgIpc) is 3.41. The number of imidazole rings is 1. The fraction of sp³-hybridized carbons (Fsp3) is 0.370. The summed E-state index contributed by atoms with van der Waals surface area (Å²) in [5.74, 6) is 0.508. The zero-order chi connectivity index (χ0) is 23.2. The smallest absolute Gasteiger partial charge is 0.332 e. The minimum Gasteiger partial charge on any atom is -0.478 e. The molecule has 0 amide bonds. The lowest BCUT2D eigenvalue weighted by molar-refractivity contribution is -0.132. The van der Waals surface area contributed by atoms with Crippen LogP contribution in [0.4, 0.5) is 0 Å². The summed E-state index contributed by atoms with van der Waals surface area (Å²) in [5, 5.41) is 11.6. The van der Waals surface area contributed by atoms with Crippen LogP contribution in [0.1, 0.15) is 71.3 Å². The molecule has 2 aromatic heterocycles. The molecule has 1 aromatic carbocycles. The summed E-state index contributed by atoms with van der Waals surface area (Å²) in [6, 6.07) is 11.8. The van der Waals surface area contributed by atoms with Crippen molar-refractivity contribution in [3.63, 3.8) is 0 Å². The van der Waals surface area contributed by atoms with Gasteiger partial charge in [-0.05, 0) is 42.3 Å². The molecule has 1 saturated carbocycles. The number of aromatic nitrogens is 2. The van der Waals surface area contributed by atoms with E-state index in [0.717, 1.165) is 60.4 Å². The predicted molar refractivity (Wildman–Crippen MR) is 132 cm³/mol. The molecule has 2 heterocycles. The second kappa shape index (κ2) is 10.8. The van der Waals surface area contributed by atoms with Crippen LogP contribution < -0.4 is 0 Å². The Balaban J connectivity index is 1.54. The molecule has 33 heavy (non-hydrogen) atoms. The highest BCUT2D eigenvalue weighted by molar-refractivity contribution is 7.09. The Labute approximate surface area is 198 Å². The number of carbonyl (C=O) groups is 2. The first-order valence-corrected chi connectivity index (χ1v) is 12.6. The summed E-state index contributed by atoms with van der Waals surface area (Å²) >= 11 is 1.56. The van der Waals surface area contributed by atoms with Crippen LogP contribution >= 0.6 is 11.3 Å². The number of ketones is 1. The Hall–Kier alpha value is -2.99.